The lowest BCUT2D eigenvalue weighted by Gasteiger charge is -2.36. The Morgan fingerprint density at radius 3 is 2.28 bits per heavy atom. The van der Waals surface area contributed by atoms with Gasteiger partial charge in [-0.2, -0.15) is 0 Å². The lowest BCUT2D eigenvalue weighted by molar-refractivity contribution is 0.0943. The number of carbonyl (C=O) groups is 1. The largest absolute Gasteiger partial charge is 0.368 e. The fraction of sp³-hybridized carbons (Fsp3) is 0.421. The maximum absolute atomic E-state index is 12.0. The average Bonchev–Trinajstić information content (AvgIpc) is 2.67. The van der Waals surface area contributed by atoms with Gasteiger partial charge in [0, 0.05) is 38.4 Å². The van der Waals surface area contributed by atoms with Crippen molar-refractivity contribution in [3.63, 3.8) is 0 Å². The summed E-state index contributed by atoms with van der Waals surface area (Å²) in [6.45, 7) is 8.44. The first kappa shape index (κ1) is 17.2. The second-order valence-electron chi connectivity index (χ2n) is 6.69. The summed E-state index contributed by atoms with van der Waals surface area (Å²) in [5.74, 6) is 1.08. The Morgan fingerprint density at radius 2 is 1.68 bits per heavy atom. The van der Waals surface area contributed by atoms with Crippen molar-refractivity contribution in [3.05, 3.63) is 48.2 Å². The Bertz CT molecular complexity index is 679. The molecule has 0 aliphatic carbocycles. The van der Waals surface area contributed by atoms with E-state index in [4.69, 9.17) is 0 Å². The zero-order chi connectivity index (χ0) is 17.6. The summed E-state index contributed by atoms with van der Waals surface area (Å²) in [6, 6.07) is 14.1. The van der Waals surface area contributed by atoms with Gasteiger partial charge in [0.1, 0.15) is 0 Å². The zero-order valence-corrected chi connectivity index (χ0v) is 14.9. The number of carbonyl (C=O) groups excluding carboxylic acids is 1. The summed E-state index contributed by atoms with van der Waals surface area (Å²) in [4.78, 5) is 16.6. The maximum Gasteiger partial charge on any atom is 0.271 e. The van der Waals surface area contributed by atoms with E-state index in [9.17, 15) is 4.79 Å². The van der Waals surface area contributed by atoms with Gasteiger partial charge in [-0.05, 0) is 30.2 Å². The SMILES string of the molecule is CC(C)CNC(=O)c1ccc(N2CCN(c3ccccc3)CC2)nn1. The van der Waals surface area contributed by atoms with E-state index < -0.39 is 0 Å². The van der Waals surface area contributed by atoms with Crippen molar-refractivity contribution in [3.8, 4) is 0 Å². The first-order valence-corrected chi connectivity index (χ1v) is 8.80. The van der Waals surface area contributed by atoms with Crippen molar-refractivity contribution in [2.75, 3.05) is 42.5 Å². The average molecular weight is 339 g/mol. The van der Waals surface area contributed by atoms with Gasteiger partial charge in [-0.15, -0.1) is 10.2 Å². The molecule has 132 valence electrons. The predicted octanol–water partition coefficient (Wildman–Crippen LogP) is 2.19. The van der Waals surface area contributed by atoms with Crippen LogP contribution in [0.5, 0.6) is 0 Å². The second-order valence-corrected chi connectivity index (χ2v) is 6.69. The maximum atomic E-state index is 12.0. The van der Waals surface area contributed by atoms with E-state index in [1.54, 1.807) is 6.07 Å². The number of anilines is 2. The quantitative estimate of drug-likeness (QED) is 0.905. The van der Waals surface area contributed by atoms with Gasteiger partial charge in [-0.3, -0.25) is 4.79 Å². The molecule has 1 aromatic heterocycles. The molecule has 1 saturated heterocycles. The number of piperazine rings is 1. The summed E-state index contributed by atoms with van der Waals surface area (Å²) in [7, 11) is 0. The van der Waals surface area contributed by atoms with Crippen LogP contribution in [0, 0.1) is 5.92 Å². The van der Waals surface area contributed by atoms with Gasteiger partial charge >= 0.3 is 0 Å². The minimum Gasteiger partial charge on any atom is -0.368 e. The molecule has 0 bridgehead atoms. The highest BCUT2D eigenvalue weighted by Gasteiger charge is 2.19. The summed E-state index contributed by atoms with van der Waals surface area (Å²) in [5.41, 5.74) is 1.62. The van der Waals surface area contributed by atoms with Crippen molar-refractivity contribution >= 4 is 17.4 Å². The van der Waals surface area contributed by atoms with E-state index in [-0.39, 0.29) is 5.91 Å². The summed E-state index contributed by atoms with van der Waals surface area (Å²) in [6.07, 6.45) is 0. The number of hydrogen-bond donors (Lipinski definition) is 1. The molecule has 1 N–H and O–H groups in total. The molecule has 0 saturated carbocycles. The van der Waals surface area contributed by atoms with Crippen LogP contribution < -0.4 is 15.1 Å². The minimum atomic E-state index is -0.165. The molecular weight excluding hydrogens is 314 g/mol. The Balaban J connectivity index is 1.56. The lowest BCUT2D eigenvalue weighted by atomic mass is 10.2. The number of hydrogen-bond acceptors (Lipinski definition) is 5. The molecule has 6 heteroatoms. The normalized spacial score (nSPS) is 14.7. The number of aromatic nitrogens is 2. The van der Waals surface area contributed by atoms with Gasteiger partial charge in [0.25, 0.3) is 5.91 Å². The lowest BCUT2D eigenvalue weighted by Crippen LogP contribution is -2.46. The Labute approximate surface area is 148 Å². The van der Waals surface area contributed by atoms with E-state index in [0.29, 0.717) is 18.2 Å². The highest BCUT2D eigenvalue weighted by atomic mass is 16.1. The smallest absolute Gasteiger partial charge is 0.271 e. The van der Waals surface area contributed by atoms with Crippen LogP contribution >= 0.6 is 0 Å². The van der Waals surface area contributed by atoms with Crippen LogP contribution in [0.2, 0.25) is 0 Å². The van der Waals surface area contributed by atoms with Crippen molar-refractivity contribution in [2.45, 2.75) is 13.8 Å². The molecule has 2 heterocycles. The number of para-hydroxylation sites is 1. The third-order valence-electron chi connectivity index (χ3n) is 4.28. The van der Waals surface area contributed by atoms with Gasteiger partial charge < -0.3 is 15.1 Å². The molecule has 0 radical (unpaired) electrons. The summed E-state index contributed by atoms with van der Waals surface area (Å²) < 4.78 is 0. The van der Waals surface area contributed by atoms with E-state index in [0.717, 1.165) is 32.0 Å². The van der Waals surface area contributed by atoms with Crippen molar-refractivity contribution < 1.29 is 4.79 Å². The van der Waals surface area contributed by atoms with Gasteiger partial charge in [0.05, 0.1) is 0 Å². The van der Waals surface area contributed by atoms with Crippen LogP contribution in [-0.2, 0) is 0 Å². The van der Waals surface area contributed by atoms with Crippen LogP contribution in [0.1, 0.15) is 24.3 Å². The standard InChI is InChI=1S/C19H25N5O/c1-15(2)14-20-19(25)17-8-9-18(22-21-17)24-12-10-23(11-13-24)16-6-4-3-5-7-16/h3-9,15H,10-14H2,1-2H3,(H,20,25). The molecule has 1 aromatic carbocycles. The molecule has 0 unspecified atom stereocenters. The third kappa shape index (κ3) is 4.47. The molecule has 25 heavy (non-hydrogen) atoms. The van der Waals surface area contributed by atoms with Crippen LogP contribution in [0.15, 0.2) is 42.5 Å². The fourth-order valence-corrected chi connectivity index (χ4v) is 2.83. The van der Waals surface area contributed by atoms with Crippen LogP contribution in [0.4, 0.5) is 11.5 Å². The molecule has 1 aliphatic rings. The van der Waals surface area contributed by atoms with Gasteiger partial charge in [0.15, 0.2) is 11.5 Å². The van der Waals surface area contributed by atoms with E-state index in [1.165, 1.54) is 5.69 Å². The molecule has 2 aromatic rings. The fourth-order valence-electron chi connectivity index (χ4n) is 2.83. The Morgan fingerprint density at radius 1 is 1.00 bits per heavy atom. The number of benzene rings is 1. The Kier molecular flexibility index (Phi) is 5.48. The van der Waals surface area contributed by atoms with Crippen molar-refractivity contribution in [1.82, 2.24) is 15.5 Å². The molecule has 1 fully saturated rings. The van der Waals surface area contributed by atoms with E-state index in [1.807, 2.05) is 12.1 Å². The van der Waals surface area contributed by atoms with Gasteiger partial charge in [0.2, 0.25) is 0 Å². The number of nitrogens with zero attached hydrogens (tertiary/aromatic N) is 4. The van der Waals surface area contributed by atoms with Crippen LogP contribution in [0.3, 0.4) is 0 Å². The van der Waals surface area contributed by atoms with E-state index in [2.05, 4.69) is 63.4 Å². The minimum absolute atomic E-state index is 0.165. The monoisotopic (exact) mass is 339 g/mol. The zero-order valence-electron chi connectivity index (χ0n) is 14.9. The topological polar surface area (TPSA) is 61.4 Å². The van der Waals surface area contributed by atoms with Crippen LogP contribution in [0.25, 0.3) is 0 Å². The van der Waals surface area contributed by atoms with Gasteiger partial charge in [-0.1, -0.05) is 32.0 Å². The van der Waals surface area contributed by atoms with Crippen LogP contribution in [-0.4, -0.2) is 48.8 Å². The third-order valence-corrected chi connectivity index (χ3v) is 4.28. The molecule has 0 atom stereocenters. The molecule has 1 aliphatic heterocycles. The molecule has 1 amide bonds. The second kappa shape index (κ2) is 7.96. The number of rotatable bonds is 5. The molecular formula is C19H25N5O. The van der Waals surface area contributed by atoms with E-state index >= 15 is 0 Å². The summed E-state index contributed by atoms with van der Waals surface area (Å²) in [5, 5.41) is 11.2. The van der Waals surface area contributed by atoms with Crippen molar-refractivity contribution in [2.24, 2.45) is 5.92 Å². The first-order valence-electron chi connectivity index (χ1n) is 8.80. The van der Waals surface area contributed by atoms with Gasteiger partial charge in [-0.25, -0.2) is 0 Å². The molecule has 6 nitrogen and oxygen atoms in total. The van der Waals surface area contributed by atoms with Crippen molar-refractivity contribution in [1.29, 1.82) is 0 Å². The molecule has 0 spiro atoms. The Hall–Kier alpha value is -2.63. The number of amides is 1. The highest BCUT2D eigenvalue weighted by Crippen LogP contribution is 2.18. The number of nitrogens with one attached hydrogen (secondary N) is 1. The summed E-state index contributed by atoms with van der Waals surface area (Å²) >= 11 is 0. The molecule has 3 rings (SSSR count). The predicted molar refractivity (Wildman–Crippen MR) is 100 cm³/mol. The highest BCUT2D eigenvalue weighted by molar-refractivity contribution is 5.92. The first-order chi connectivity index (χ1) is 12.1.